The number of hydrogen-bond acceptors (Lipinski definition) is 7. The fourth-order valence-electron chi connectivity index (χ4n) is 4.07. The molecule has 1 aromatic heterocycles. The number of fused-ring (bicyclic) bond motifs is 1. The van der Waals surface area contributed by atoms with Gasteiger partial charge in [0.2, 0.25) is 0 Å². The summed E-state index contributed by atoms with van der Waals surface area (Å²) in [6.07, 6.45) is 3.35. The number of nitrogens with zero attached hydrogens (tertiary/aromatic N) is 2. The van der Waals surface area contributed by atoms with Crippen molar-refractivity contribution < 1.29 is 19.0 Å². The number of halogens is 2. The summed E-state index contributed by atoms with van der Waals surface area (Å²) in [5.74, 6) is 0.437. The fourth-order valence-corrected chi connectivity index (χ4v) is 5.80. The minimum Gasteiger partial charge on any atom is -0.493 e. The molecule has 0 bridgehead atoms. The fraction of sp³-hybridized carbons (Fsp3) is 0.222. The molecule has 0 saturated heterocycles. The van der Waals surface area contributed by atoms with Crippen molar-refractivity contribution in [2.24, 2.45) is 4.99 Å². The third-order valence-electron chi connectivity index (χ3n) is 5.62. The molecule has 1 atom stereocenters. The molecular weight excluding hydrogens is 580 g/mol. The lowest BCUT2D eigenvalue weighted by Crippen LogP contribution is -2.40. The quantitative estimate of drug-likeness (QED) is 0.273. The van der Waals surface area contributed by atoms with E-state index in [1.54, 1.807) is 57.4 Å². The summed E-state index contributed by atoms with van der Waals surface area (Å²) >= 11 is 11.3. The van der Waals surface area contributed by atoms with Crippen molar-refractivity contribution in [1.82, 2.24) is 4.57 Å². The predicted molar refractivity (Wildman–Crippen MR) is 148 cm³/mol. The number of ether oxygens (including phenoxy) is 3. The highest BCUT2D eigenvalue weighted by Crippen LogP contribution is 2.36. The van der Waals surface area contributed by atoms with E-state index in [0.717, 1.165) is 4.47 Å². The van der Waals surface area contributed by atoms with E-state index in [1.165, 1.54) is 15.9 Å². The average molecular weight is 604 g/mol. The first kappa shape index (κ1) is 26.9. The lowest BCUT2D eigenvalue weighted by molar-refractivity contribution is -0.139. The van der Waals surface area contributed by atoms with Crippen molar-refractivity contribution in [3.63, 3.8) is 0 Å². The SMILES string of the molecule is C=CCOc1c(/C=c2\sc3n(c2=O)[C@@H](c2ccccc2Cl)C(C(=O)OCC)=C(C)N=3)cc(Br)cc1OC. The number of thiazole rings is 1. The van der Waals surface area contributed by atoms with E-state index in [9.17, 15) is 9.59 Å². The van der Waals surface area contributed by atoms with Crippen LogP contribution in [0.2, 0.25) is 5.02 Å². The van der Waals surface area contributed by atoms with Crippen LogP contribution in [0.4, 0.5) is 0 Å². The van der Waals surface area contributed by atoms with Gasteiger partial charge in [-0.15, -0.1) is 0 Å². The Hall–Kier alpha value is -3.14. The van der Waals surface area contributed by atoms with Crippen LogP contribution in [0, 0.1) is 0 Å². The lowest BCUT2D eigenvalue weighted by Gasteiger charge is -2.25. The number of esters is 1. The zero-order valence-electron chi connectivity index (χ0n) is 20.4. The number of methoxy groups -OCH3 is 1. The summed E-state index contributed by atoms with van der Waals surface area (Å²) in [6.45, 7) is 7.61. The lowest BCUT2D eigenvalue weighted by atomic mass is 9.96. The first-order valence-corrected chi connectivity index (χ1v) is 13.3. The van der Waals surface area contributed by atoms with Crippen LogP contribution >= 0.6 is 38.9 Å². The van der Waals surface area contributed by atoms with E-state index >= 15 is 0 Å². The van der Waals surface area contributed by atoms with Crippen LogP contribution in [-0.4, -0.2) is 30.9 Å². The van der Waals surface area contributed by atoms with E-state index in [0.29, 0.717) is 42.7 Å². The molecule has 192 valence electrons. The Kier molecular flexibility index (Phi) is 8.36. The smallest absolute Gasteiger partial charge is 0.338 e. The van der Waals surface area contributed by atoms with E-state index in [-0.39, 0.29) is 24.3 Å². The second-order valence-electron chi connectivity index (χ2n) is 7.95. The maximum Gasteiger partial charge on any atom is 0.338 e. The molecule has 7 nitrogen and oxygen atoms in total. The zero-order valence-corrected chi connectivity index (χ0v) is 23.6. The van der Waals surface area contributed by atoms with E-state index in [1.807, 2.05) is 12.1 Å². The van der Waals surface area contributed by atoms with E-state index in [2.05, 4.69) is 27.5 Å². The van der Waals surface area contributed by atoms with Crippen LogP contribution in [0.15, 0.2) is 74.6 Å². The summed E-state index contributed by atoms with van der Waals surface area (Å²) in [6, 6.07) is 9.95. The van der Waals surface area contributed by atoms with Crippen LogP contribution in [0.5, 0.6) is 11.5 Å². The second kappa shape index (κ2) is 11.5. The topological polar surface area (TPSA) is 79.1 Å². The first-order chi connectivity index (χ1) is 17.8. The number of allylic oxidation sites excluding steroid dienone is 1. The van der Waals surface area contributed by atoms with Gasteiger partial charge >= 0.3 is 5.97 Å². The number of benzene rings is 2. The van der Waals surface area contributed by atoms with Gasteiger partial charge in [-0.25, -0.2) is 9.79 Å². The molecule has 10 heteroatoms. The van der Waals surface area contributed by atoms with Gasteiger partial charge in [-0.3, -0.25) is 9.36 Å². The first-order valence-electron chi connectivity index (χ1n) is 11.4. The summed E-state index contributed by atoms with van der Waals surface area (Å²) in [5.41, 5.74) is 1.65. The number of hydrogen-bond donors (Lipinski definition) is 0. The number of carbonyl (C=O) groups is 1. The normalized spacial score (nSPS) is 15.2. The molecule has 0 aliphatic carbocycles. The molecule has 2 aromatic carbocycles. The summed E-state index contributed by atoms with van der Waals surface area (Å²) in [4.78, 5) is 32.0. The zero-order chi connectivity index (χ0) is 26.7. The Morgan fingerprint density at radius 1 is 1.32 bits per heavy atom. The Balaban J connectivity index is 1.99. The number of carbonyl (C=O) groups excluding carboxylic acids is 1. The minimum atomic E-state index is -0.792. The van der Waals surface area contributed by atoms with Crippen molar-refractivity contribution in [3.05, 3.63) is 101 Å². The summed E-state index contributed by atoms with van der Waals surface area (Å²) in [7, 11) is 1.55. The van der Waals surface area contributed by atoms with Crippen molar-refractivity contribution in [2.75, 3.05) is 20.3 Å². The van der Waals surface area contributed by atoms with Gasteiger partial charge in [0.1, 0.15) is 12.6 Å². The summed E-state index contributed by atoms with van der Waals surface area (Å²) in [5, 5.41) is 0.426. The van der Waals surface area contributed by atoms with Gasteiger partial charge in [0.15, 0.2) is 16.3 Å². The van der Waals surface area contributed by atoms with Crippen molar-refractivity contribution in [1.29, 1.82) is 0 Å². The van der Waals surface area contributed by atoms with Crippen molar-refractivity contribution >= 4 is 50.9 Å². The Bertz CT molecular complexity index is 1590. The van der Waals surface area contributed by atoms with E-state index in [4.69, 9.17) is 25.8 Å². The minimum absolute atomic E-state index is 0.188. The van der Waals surface area contributed by atoms with Gasteiger partial charge in [-0.05, 0) is 43.7 Å². The number of rotatable bonds is 8. The molecule has 3 aromatic rings. The van der Waals surface area contributed by atoms with Gasteiger partial charge in [-0.1, -0.05) is 69.7 Å². The number of aromatic nitrogens is 1. The monoisotopic (exact) mass is 602 g/mol. The van der Waals surface area contributed by atoms with Crippen molar-refractivity contribution in [3.8, 4) is 11.5 Å². The second-order valence-corrected chi connectivity index (χ2v) is 10.3. The Morgan fingerprint density at radius 2 is 2.08 bits per heavy atom. The predicted octanol–water partition coefficient (Wildman–Crippen LogP) is 4.79. The molecule has 4 rings (SSSR count). The maximum absolute atomic E-state index is 13.9. The maximum atomic E-state index is 13.9. The Labute approximate surface area is 231 Å². The van der Waals surface area contributed by atoms with Crippen LogP contribution in [0.1, 0.15) is 31.0 Å². The highest BCUT2D eigenvalue weighted by molar-refractivity contribution is 9.10. The molecule has 0 saturated carbocycles. The van der Waals surface area contributed by atoms with Crippen molar-refractivity contribution in [2.45, 2.75) is 19.9 Å². The molecule has 1 aliphatic heterocycles. The van der Waals surface area contributed by atoms with Gasteiger partial charge in [-0.2, -0.15) is 0 Å². The van der Waals surface area contributed by atoms with Crippen LogP contribution in [0.3, 0.4) is 0 Å². The van der Waals surface area contributed by atoms with Crippen LogP contribution in [0.25, 0.3) is 6.08 Å². The third kappa shape index (κ3) is 5.30. The molecular formula is C27H24BrClN2O5S. The largest absolute Gasteiger partial charge is 0.493 e. The highest BCUT2D eigenvalue weighted by Gasteiger charge is 2.34. The molecule has 0 spiro atoms. The molecule has 0 unspecified atom stereocenters. The highest BCUT2D eigenvalue weighted by atomic mass is 79.9. The summed E-state index contributed by atoms with van der Waals surface area (Å²) < 4.78 is 19.3. The molecule has 0 radical (unpaired) electrons. The van der Waals surface area contributed by atoms with Crippen LogP contribution < -0.4 is 24.4 Å². The molecule has 0 fully saturated rings. The van der Waals surface area contributed by atoms with Gasteiger partial charge in [0.25, 0.3) is 5.56 Å². The van der Waals surface area contributed by atoms with Gasteiger partial charge in [0.05, 0.1) is 29.5 Å². The Morgan fingerprint density at radius 3 is 2.76 bits per heavy atom. The molecule has 2 heterocycles. The average Bonchev–Trinajstić information content (AvgIpc) is 3.17. The van der Waals surface area contributed by atoms with Gasteiger partial charge < -0.3 is 14.2 Å². The van der Waals surface area contributed by atoms with Gasteiger partial charge in [0, 0.05) is 15.1 Å². The molecule has 0 amide bonds. The van der Waals surface area contributed by atoms with E-state index < -0.39 is 12.0 Å². The molecule has 1 aliphatic rings. The molecule has 0 N–H and O–H groups in total. The molecule has 37 heavy (non-hydrogen) atoms. The standard InChI is InChI=1S/C27H24BrClN2O5S/c1-5-11-36-24-16(12-17(28)14-20(24)34-4)13-21-25(32)31-23(18-9-7-8-10-19(18)29)22(26(33)35-6-2)15(3)30-27(31)37-21/h5,7-10,12-14,23H,1,6,11H2,2-4H3/b21-13-/t23-/m0/s1. The van der Waals surface area contributed by atoms with Crippen LogP contribution in [-0.2, 0) is 9.53 Å². The third-order valence-corrected chi connectivity index (χ3v) is 7.40.